The van der Waals surface area contributed by atoms with Gasteiger partial charge in [-0.05, 0) is 53.6 Å². The summed E-state index contributed by atoms with van der Waals surface area (Å²) in [5.74, 6) is 1.81. The average Bonchev–Trinajstić information content (AvgIpc) is 2.42. The summed E-state index contributed by atoms with van der Waals surface area (Å²) >= 11 is 0. The Kier molecular flexibility index (Phi) is 2.84. The van der Waals surface area contributed by atoms with Crippen molar-refractivity contribution in [1.29, 1.82) is 0 Å². The van der Waals surface area contributed by atoms with Crippen LogP contribution < -0.4 is 4.74 Å². The third-order valence-corrected chi connectivity index (χ3v) is 3.11. The Morgan fingerprint density at radius 3 is 2.42 bits per heavy atom. The molecule has 0 bridgehead atoms. The van der Waals surface area contributed by atoms with Gasteiger partial charge in [0.1, 0.15) is 17.2 Å². The second-order valence-corrected chi connectivity index (χ2v) is 4.56. The lowest BCUT2D eigenvalue weighted by atomic mass is 10.1. The largest absolute Gasteiger partial charge is 0.508 e. The number of aryl methyl sites for hydroxylation is 1. The first-order valence-corrected chi connectivity index (χ1v) is 6.19. The van der Waals surface area contributed by atoms with Gasteiger partial charge < -0.3 is 9.84 Å². The van der Waals surface area contributed by atoms with Gasteiger partial charge in [0.05, 0.1) is 0 Å². The zero-order valence-corrected chi connectivity index (χ0v) is 10.6. The fourth-order valence-corrected chi connectivity index (χ4v) is 2.11. The molecule has 0 aliphatic carbocycles. The summed E-state index contributed by atoms with van der Waals surface area (Å²) in [6.07, 6.45) is 0. The highest BCUT2D eigenvalue weighted by Gasteiger charge is 2.03. The lowest BCUT2D eigenvalue weighted by Crippen LogP contribution is -1.87. The van der Waals surface area contributed by atoms with Crippen LogP contribution in [0.5, 0.6) is 17.2 Å². The predicted octanol–water partition coefficient (Wildman–Crippen LogP) is 4.65. The van der Waals surface area contributed by atoms with Crippen LogP contribution in [-0.4, -0.2) is 5.11 Å². The summed E-state index contributed by atoms with van der Waals surface area (Å²) in [6.45, 7) is 1.91. The van der Waals surface area contributed by atoms with E-state index in [4.69, 9.17) is 4.74 Å². The zero-order chi connectivity index (χ0) is 13.2. The number of aromatic hydroxyl groups is 1. The first-order chi connectivity index (χ1) is 9.22. The van der Waals surface area contributed by atoms with Crippen molar-refractivity contribution in [2.45, 2.75) is 6.92 Å². The number of phenols is 1. The molecule has 1 N–H and O–H groups in total. The van der Waals surface area contributed by atoms with E-state index < -0.39 is 0 Å². The number of phenolic OH excluding ortho intramolecular Hbond substituents is 1. The molecule has 0 atom stereocenters. The molecule has 2 nitrogen and oxygen atoms in total. The molecule has 0 aromatic heterocycles. The van der Waals surface area contributed by atoms with Crippen LogP contribution in [0.25, 0.3) is 10.8 Å². The maximum Gasteiger partial charge on any atom is 0.130 e. The van der Waals surface area contributed by atoms with Crippen molar-refractivity contribution in [2.75, 3.05) is 0 Å². The average molecular weight is 250 g/mol. The quantitative estimate of drug-likeness (QED) is 0.717. The molecule has 3 aromatic rings. The van der Waals surface area contributed by atoms with Crippen LogP contribution in [0.15, 0.2) is 60.7 Å². The fourth-order valence-electron chi connectivity index (χ4n) is 2.11. The number of hydrogen-bond donors (Lipinski definition) is 1. The lowest BCUT2D eigenvalue weighted by Gasteiger charge is -2.09. The summed E-state index contributed by atoms with van der Waals surface area (Å²) in [6, 6.07) is 19.3. The van der Waals surface area contributed by atoms with Gasteiger partial charge in [0.2, 0.25) is 0 Å². The summed E-state index contributed by atoms with van der Waals surface area (Å²) in [7, 11) is 0. The molecule has 0 amide bonds. The molecule has 0 fully saturated rings. The van der Waals surface area contributed by atoms with Gasteiger partial charge in [-0.25, -0.2) is 0 Å². The van der Waals surface area contributed by atoms with E-state index in [2.05, 4.69) is 12.1 Å². The van der Waals surface area contributed by atoms with Crippen molar-refractivity contribution >= 4 is 10.8 Å². The van der Waals surface area contributed by atoms with Gasteiger partial charge >= 0.3 is 0 Å². The first-order valence-electron chi connectivity index (χ1n) is 6.19. The van der Waals surface area contributed by atoms with Gasteiger partial charge in [-0.3, -0.25) is 0 Å². The van der Waals surface area contributed by atoms with Crippen LogP contribution in [0, 0.1) is 6.92 Å². The first kappa shape index (κ1) is 11.6. The van der Waals surface area contributed by atoms with Crippen molar-refractivity contribution in [1.82, 2.24) is 0 Å². The van der Waals surface area contributed by atoms with E-state index in [1.54, 1.807) is 18.2 Å². The third-order valence-electron chi connectivity index (χ3n) is 3.11. The highest BCUT2D eigenvalue weighted by Crippen LogP contribution is 2.29. The minimum atomic E-state index is 0.253. The molecule has 0 saturated carbocycles. The van der Waals surface area contributed by atoms with Crippen molar-refractivity contribution in [3.05, 3.63) is 66.2 Å². The third kappa shape index (κ3) is 2.38. The van der Waals surface area contributed by atoms with Gasteiger partial charge in [-0.15, -0.1) is 0 Å². The number of ether oxygens (including phenoxy) is 1. The minimum Gasteiger partial charge on any atom is -0.508 e. The molecule has 0 heterocycles. The summed E-state index contributed by atoms with van der Waals surface area (Å²) in [5.41, 5.74) is 0.910. The lowest BCUT2D eigenvalue weighted by molar-refractivity contribution is 0.462. The number of rotatable bonds is 2. The highest BCUT2D eigenvalue weighted by atomic mass is 16.5. The van der Waals surface area contributed by atoms with E-state index in [1.807, 2.05) is 37.3 Å². The predicted molar refractivity (Wildman–Crippen MR) is 76.9 cm³/mol. The van der Waals surface area contributed by atoms with Crippen LogP contribution in [0.1, 0.15) is 5.56 Å². The van der Waals surface area contributed by atoms with Crippen LogP contribution >= 0.6 is 0 Å². The Morgan fingerprint density at radius 1 is 0.842 bits per heavy atom. The Morgan fingerprint density at radius 2 is 1.63 bits per heavy atom. The minimum absolute atomic E-state index is 0.253. The van der Waals surface area contributed by atoms with E-state index >= 15 is 0 Å². The van der Waals surface area contributed by atoms with Gasteiger partial charge in [0.25, 0.3) is 0 Å². The second kappa shape index (κ2) is 4.65. The van der Waals surface area contributed by atoms with Crippen LogP contribution in [0.4, 0.5) is 0 Å². The van der Waals surface area contributed by atoms with Gasteiger partial charge in [0.15, 0.2) is 0 Å². The summed E-state index contributed by atoms with van der Waals surface area (Å²) in [5, 5.41) is 11.7. The molecule has 19 heavy (non-hydrogen) atoms. The maximum absolute atomic E-state index is 9.39. The maximum atomic E-state index is 9.39. The summed E-state index contributed by atoms with van der Waals surface area (Å²) < 4.78 is 5.86. The molecule has 94 valence electrons. The van der Waals surface area contributed by atoms with E-state index in [1.165, 1.54) is 5.39 Å². The standard InChI is InChI=1S/C17H14O2/c1-12-10-15(18)7-9-17(12)19-16-8-6-13-4-2-3-5-14(13)11-16/h2-11,18H,1H3. The number of hydrogen-bond acceptors (Lipinski definition) is 2. The Bertz CT molecular complexity index is 732. The van der Waals surface area contributed by atoms with Crippen molar-refractivity contribution in [2.24, 2.45) is 0 Å². The van der Waals surface area contributed by atoms with Crippen molar-refractivity contribution < 1.29 is 9.84 Å². The van der Waals surface area contributed by atoms with E-state index in [9.17, 15) is 5.11 Å². The zero-order valence-electron chi connectivity index (χ0n) is 10.6. The van der Waals surface area contributed by atoms with E-state index in [0.29, 0.717) is 0 Å². The van der Waals surface area contributed by atoms with Crippen molar-refractivity contribution in [3.63, 3.8) is 0 Å². The van der Waals surface area contributed by atoms with Crippen LogP contribution in [0.3, 0.4) is 0 Å². The fraction of sp³-hybridized carbons (Fsp3) is 0.0588. The molecule has 0 spiro atoms. The molecule has 0 aliphatic rings. The second-order valence-electron chi connectivity index (χ2n) is 4.56. The van der Waals surface area contributed by atoms with E-state index in [0.717, 1.165) is 22.4 Å². The van der Waals surface area contributed by atoms with E-state index in [-0.39, 0.29) is 5.75 Å². The molecule has 2 heteroatoms. The molecule has 0 aliphatic heterocycles. The topological polar surface area (TPSA) is 29.5 Å². The smallest absolute Gasteiger partial charge is 0.130 e. The van der Waals surface area contributed by atoms with Gasteiger partial charge in [-0.2, -0.15) is 0 Å². The molecule has 3 aromatic carbocycles. The van der Waals surface area contributed by atoms with Crippen LogP contribution in [0.2, 0.25) is 0 Å². The summed E-state index contributed by atoms with van der Waals surface area (Å²) in [4.78, 5) is 0. The van der Waals surface area contributed by atoms with Gasteiger partial charge in [0, 0.05) is 0 Å². The van der Waals surface area contributed by atoms with Crippen LogP contribution in [-0.2, 0) is 0 Å². The number of benzene rings is 3. The van der Waals surface area contributed by atoms with Crippen molar-refractivity contribution in [3.8, 4) is 17.2 Å². The Labute approximate surface area is 111 Å². The van der Waals surface area contributed by atoms with Gasteiger partial charge in [-0.1, -0.05) is 30.3 Å². The molecule has 0 unspecified atom stereocenters. The Hall–Kier alpha value is -2.48. The Balaban J connectivity index is 1.96. The molecule has 3 rings (SSSR count). The molecular formula is C17H14O2. The number of fused-ring (bicyclic) bond motifs is 1. The molecular weight excluding hydrogens is 236 g/mol. The highest BCUT2D eigenvalue weighted by molar-refractivity contribution is 5.83. The molecule has 0 radical (unpaired) electrons. The monoisotopic (exact) mass is 250 g/mol. The SMILES string of the molecule is Cc1cc(O)ccc1Oc1ccc2ccccc2c1. The molecule has 0 saturated heterocycles. The normalized spacial score (nSPS) is 10.6.